The predicted octanol–water partition coefficient (Wildman–Crippen LogP) is 1.36. The zero-order chi connectivity index (χ0) is 15.2. The standard InChI is InChI=1S/C13H21N7O/c1-5-6-14-11-16-12(18-13(17-11)21-4)15-7-10-8-20(3)19-9(10)2/h8H,5-7H2,1-4H3,(H2,14,15,16,17,18). The Morgan fingerprint density at radius 2 is 1.90 bits per heavy atom. The van der Waals surface area contributed by atoms with E-state index in [4.69, 9.17) is 4.74 Å². The lowest BCUT2D eigenvalue weighted by atomic mass is 10.3. The summed E-state index contributed by atoms with van der Waals surface area (Å²) in [4.78, 5) is 12.7. The van der Waals surface area contributed by atoms with E-state index < -0.39 is 0 Å². The van der Waals surface area contributed by atoms with Crippen molar-refractivity contribution in [3.05, 3.63) is 17.5 Å². The highest BCUT2D eigenvalue weighted by atomic mass is 16.5. The first kappa shape index (κ1) is 15.0. The largest absolute Gasteiger partial charge is 0.467 e. The quantitative estimate of drug-likeness (QED) is 0.796. The molecule has 2 rings (SSSR count). The van der Waals surface area contributed by atoms with Crippen molar-refractivity contribution in [3.63, 3.8) is 0 Å². The summed E-state index contributed by atoms with van der Waals surface area (Å²) in [5.41, 5.74) is 2.08. The number of methoxy groups -OCH3 is 1. The molecule has 8 heteroatoms. The molecule has 0 saturated heterocycles. The van der Waals surface area contributed by atoms with Gasteiger partial charge >= 0.3 is 6.01 Å². The minimum absolute atomic E-state index is 0.286. The molecule has 0 aliphatic heterocycles. The monoisotopic (exact) mass is 291 g/mol. The summed E-state index contributed by atoms with van der Waals surface area (Å²) in [5, 5.41) is 10.6. The highest BCUT2D eigenvalue weighted by molar-refractivity contribution is 5.36. The van der Waals surface area contributed by atoms with Crippen LogP contribution in [-0.2, 0) is 13.6 Å². The van der Waals surface area contributed by atoms with Crippen molar-refractivity contribution in [2.24, 2.45) is 7.05 Å². The number of aromatic nitrogens is 5. The van der Waals surface area contributed by atoms with E-state index in [9.17, 15) is 0 Å². The Kier molecular flexibility index (Phi) is 4.91. The molecule has 21 heavy (non-hydrogen) atoms. The Bertz CT molecular complexity index is 596. The highest BCUT2D eigenvalue weighted by Gasteiger charge is 2.08. The van der Waals surface area contributed by atoms with Gasteiger partial charge in [0.05, 0.1) is 12.8 Å². The van der Waals surface area contributed by atoms with Gasteiger partial charge < -0.3 is 15.4 Å². The molecule has 2 heterocycles. The minimum Gasteiger partial charge on any atom is -0.467 e. The second-order valence-electron chi connectivity index (χ2n) is 4.66. The van der Waals surface area contributed by atoms with E-state index in [2.05, 4.69) is 37.6 Å². The molecule has 0 aromatic carbocycles. The van der Waals surface area contributed by atoms with Crippen molar-refractivity contribution in [1.29, 1.82) is 0 Å². The van der Waals surface area contributed by atoms with Crippen LogP contribution < -0.4 is 15.4 Å². The average molecular weight is 291 g/mol. The highest BCUT2D eigenvalue weighted by Crippen LogP contribution is 2.13. The molecule has 0 fully saturated rings. The van der Waals surface area contributed by atoms with Crippen molar-refractivity contribution in [2.75, 3.05) is 24.3 Å². The number of aryl methyl sites for hydroxylation is 2. The van der Waals surface area contributed by atoms with Gasteiger partial charge in [0, 0.05) is 31.9 Å². The van der Waals surface area contributed by atoms with Crippen molar-refractivity contribution >= 4 is 11.9 Å². The maximum Gasteiger partial charge on any atom is 0.322 e. The molecule has 0 unspecified atom stereocenters. The molecule has 0 saturated carbocycles. The molecular weight excluding hydrogens is 270 g/mol. The van der Waals surface area contributed by atoms with Crippen LogP contribution in [0.15, 0.2) is 6.20 Å². The van der Waals surface area contributed by atoms with E-state index in [1.807, 2.05) is 20.2 Å². The number of nitrogens with one attached hydrogen (secondary N) is 2. The smallest absolute Gasteiger partial charge is 0.322 e. The zero-order valence-corrected chi connectivity index (χ0v) is 12.8. The van der Waals surface area contributed by atoms with Gasteiger partial charge in [-0.15, -0.1) is 0 Å². The van der Waals surface area contributed by atoms with Crippen LogP contribution in [0.25, 0.3) is 0 Å². The van der Waals surface area contributed by atoms with Gasteiger partial charge in [0.15, 0.2) is 0 Å². The Morgan fingerprint density at radius 3 is 2.48 bits per heavy atom. The van der Waals surface area contributed by atoms with E-state index in [1.54, 1.807) is 4.68 Å². The van der Waals surface area contributed by atoms with Crippen LogP contribution >= 0.6 is 0 Å². The molecule has 2 aromatic rings. The lowest BCUT2D eigenvalue weighted by Crippen LogP contribution is -2.10. The molecule has 114 valence electrons. The predicted molar refractivity (Wildman–Crippen MR) is 80.4 cm³/mol. The Balaban J connectivity index is 2.09. The van der Waals surface area contributed by atoms with Crippen LogP contribution in [0.1, 0.15) is 24.6 Å². The molecule has 0 aliphatic rings. The first-order valence-electron chi connectivity index (χ1n) is 6.89. The minimum atomic E-state index is 0.286. The van der Waals surface area contributed by atoms with E-state index in [-0.39, 0.29) is 6.01 Å². The zero-order valence-electron chi connectivity index (χ0n) is 12.8. The van der Waals surface area contributed by atoms with Crippen LogP contribution in [0.2, 0.25) is 0 Å². The summed E-state index contributed by atoms with van der Waals surface area (Å²) in [7, 11) is 3.43. The van der Waals surface area contributed by atoms with Crippen LogP contribution in [0.5, 0.6) is 6.01 Å². The third kappa shape index (κ3) is 4.04. The van der Waals surface area contributed by atoms with E-state index in [0.29, 0.717) is 18.4 Å². The molecule has 0 atom stereocenters. The van der Waals surface area contributed by atoms with Crippen molar-refractivity contribution < 1.29 is 4.74 Å². The number of anilines is 2. The van der Waals surface area contributed by atoms with Gasteiger partial charge in [0.25, 0.3) is 0 Å². The average Bonchev–Trinajstić information content (AvgIpc) is 2.80. The third-order valence-corrected chi connectivity index (χ3v) is 2.88. The van der Waals surface area contributed by atoms with Crippen LogP contribution in [0, 0.1) is 6.92 Å². The normalized spacial score (nSPS) is 10.5. The SMILES string of the molecule is CCCNc1nc(NCc2cn(C)nc2C)nc(OC)n1. The molecular formula is C13H21N7O. The third-order valence-electron chi connectivity index (χ3n) is 2.88. The maximum absolute atomic E-state index is 5.10. The van der Waals surface area contributed by atoms with Gasteiger partial charge in [-0.25, -0.2) is 0 Å². The fourth-order valence-corrected chi connectivity index (χ4v) is 1.84. The number of hydrogen-bond donors (Lipinski definition) is 2. The van der Waals surface area contributed by atoms with Gasteiger partial charge in [-0.2, -0.15) is 20.1 Å². The molecule has 8 nitrogen and oxygen atoms in total. The van der Waals surface area contributed by atoms with E-state index in [1.165, 1.54) is 7.11 Å². The number of rotatable bonds is 7. The number of hydrogen-bond acceptors (Lipinski definition) is 7. The summed E-state index contributed by atoms with van der Waals surface area (Å²) in [6, 6.07) is 0.286. The van der Waals surface area contributed by atoms with Gasteiger partial charge in [0.2, 0.25) is 11.9 Å². The molecule has 0 aliphatic carbocycles. The fraction of sp³-hybridized carbons (Fsp3) is 0.538. The number of nitrogens with zero attached hydrogens (tertiary/aromatic N) is 5. The van der Waals surface area contributed by atoms with Crippen LogP contribution in [0.4, 0.5) is 11.9 Å². The summed E-state index contributed by atoms with van der Waals surface area (Å²) in [6.45, 7) is 5.45. The Hall–Kier alpha value is -2.38. The summed E-state index contributed by atoms with van der Waals surface area (Å²) < 4.78 is 6.88. The Morgan fingerprint density at radius 1 is 1.19 bits per heavy atom. The van der Waals surface area contributed by atoms with E-state index in [0.717, 1.165) is 24.2 Å². The summed E-state index contributed by atoms with van der Waals surface area (Å²) >= 11 is 0. The van der Waals surface area contributed by atoms with Crippen LogP contribution in [0.3, 0.4) is 0 Å². The van der Waals surface area contributed by atoms with Gasteiger partial charge in [-0.3, -0.25) is 4.68 Å². The second kappa shape index (κ2) is 6.87. The van der Waals surface area contributed by atoms with Crippen molar-refractivity contribution in [3.8, 4) is 6.01 Å². The second-order valence-corrected chi connectivity index (χ2v) is 4.66. The lowest BCUT2D eigenvalue weighted by molar-refractivity contribution is 0.379. The first-order chi connectivity index (χ1) is 10.1. The van der Waals surface area contributed by atoms with E-state index >= 15 is 0 Å². The number of ether oxygens (including phenoxy) is 1. The van der Waals surface area contributed by atoms with Gasteiger partial charge in [-0.05, 0) is 13.3 Å². The van der Waals surface area contributed by atoms with Gasteiger partial charge in [-0.1, -0.05) is 6.92 Å². The lowest BCUT2D eigenvalue weighted by Gasteiger charge is -2.08. The fourth-order valence-electron chi connectivity index (χ4n) is 1.84. The molecule has 0 spiro atoms. The summed E-state index contributed by atoms with van der Waals surface area (Å²) in [6.07, 6.45) is 2.96. The van der Waals surface area contributed by atoms with Crippen molar-refractivity contribution in [2.45, 2.75) is 26.8 Å². The molecule has 0 amide bonds. The van der Waals surface area contributed by atoms with Gasteiger partial charge in [0.1, 0.15) is 0 Å². The first-order valence-corrected chi connectivity index (χ1v) is 6.89. The maximum atomic E-state index is 5.10. The summed E-state index contributed by atoms with van der Waals surface area (Å²) in [5.74, 6) is 0.984. The topological polar surface area (TPSA) is 89.8 Å². The van der Waals surface area contributed by atoms with Crippen LogP contribution in [-0.4, -0.2) is 38.4 Å². The van der Waals surface area contributed by atoms with Crippen molar-refractivity contribution in [1.82, 2.24) is 24.7 Å². The molecule has 0 bridgehead atoms. The molecule has 2 N–H and O–H groups in total. The molecule has 0 radical (unpaired) electrons. The molecule has 2 aromatic heterocycles. The Labute approximate surface area is 124 Å².